The summed E-state index contributed by atoms with van der Waals surface area (Å²) in [4.78, 5) is 0. The van der Waals surface area contributed by atoms with E-state index in [0.717, 1.165) is 11.6 Å². The van der Waals surface area contributed by atoms with E-state index in [0.29, 0.717) is 6.04 Å². The van der Waals surface area contributed by atoms with E-state index in [2.05, 4.69) is 6.58 Å². The Balaban J connectivity index is 2.74. The molecule has 0 heterocycles. The summed E-state index contributed by atoms with van der Waals surface area (Å²) in [7, 11) is -2.67. The van der Waals surface area contributed by atoms with Crippen molar-refractivity contribution in [2.75, 3.05) is 0 Å². The highest BCUT2D eigenvalue weighted by molar-refractivity contribution is 6.84. The molecule has 1 aromatic rings. The van der Waals surface area contributed by atoms with Crippen molar-refractivity contribution < 1.29 is 4.11 Å². The lowest BCUT2D eigenvalue weighted by atomic mass is 10.4. The molecule has 0 amide bonds. The van der Waals surface area contributed by atoms with Crippen LogP contribution in [0.15, 0.2) is 43.0 Å². The Kier molecular flexibility index (Phi) is 3.43. The van der Waals surface area contributed by atoms with E-state index in [1.807, 2.05) is 30.3 Å². The first-order valence-corrected chi connectivity index (χ1v) is 7.10. The number of halogens is 1. The maximum absolute atomic E-state index is 14.1. The summed E-state index contributed by atoms with van der Waals surface area (Å²) in [6, 6.07) is 10.1. The topological polar surface area (TPSA) is 0 Å². The molecular formula is C11H15FSi. The minimum atomic E-state index is -2.67. The summed E-state index contributed by atoms with van der Waals surface area (Å²) in [6.07, 6.45) is 2.56. The van der Waals surface area contributed by atoms with Crippen molar-refractivity contribution in [2.24, 2.45) is 0 Å². The summed E-state index contributed by atoms with van der Waals surface area (Å²) in [5.74, 6) is 0. The number of hydrogen-bond donors (Lipinski definition) is 0. The van der Waals surface area contributed by atoms with Gasteiger partial charge in [-0.2, -0.15) is 0 Å². The summed E-state index contributed by atoms with van der Waals surface area (Å²) < 4.78 is 14.1. The molecule has 0 bridgehead atoms. The molecule has 0 aliphatic rings. The van der Waals surface area contributed by atoms with Gasteiger partial charge in [-0.1, -0.05) is 36.4 Å². The monoisotopic (exact) mass is 194 g/mol. The lowest BCUT2D eigenvalue weighted by molar-refractivity contribution is 0.794. The van der Waals surface area contributed by atoms with Crippen LogP contribution in [0.2, 0.25) is 12.6 Å². The van der Waals surface area contributed by atoms with Crippen molar-refractivity contribution in [3.8, 4) is 0 Å². The number of allylic oxidation sites excluding steroid dienone is 1. The van der Waals surface area contributed by atoms with E-state index in [-0.39, 0.29) is 0 Å². The third kappa shape index (κ3) is 2.81. The Morgan fingerprint density at radius 1 is 1.38 bits per heavy atom. The minimum absolute atomic E-state index is 0.639. The van der Waals surface area contributed by atoms with Crippen LogP contribution in [-0.2, 0) is 0 Å². The van der Waals surface area contributed by atoms with Gasteiger partial charge in [0.25, 0.3) is 8.41 Å². The first-order chi connectivity index (χ1) is 6.17. The van der Waals surface area contributed by atoms with Crippen molar-refractivity contribution in [2.45, 2.75) is 19.0 Å². The normalized spacial score (nSPS) is 14.9. The number of benzene rings is 1. The molecule has 0 fully saturated rings. The van der Waals surface area contributed by atoms with Gasteiger partial charge in [0.1, 0.15) is 0 Å². The maximum atomic E-state index is 14.1. The average molecular weight is 194 g/mol. The van der Waals surface area contributed by atoms with Crippen molar-refractivity contribution >= 4 is 13.6 Å². The average Bonchev–Trinajstić information content (AvgIpc) is 2.16. The molecule has 0 radical (unpaired) electrons. The molecule has 0 spiro atoms. The fourth-order valence-corrected chi connectivity index (χ4v) is 3.23. The predicted octanol–water partition coefficient (Wildman–Crippen LogP) is 3.01. The van der Waals surface area contributed by atoms with E-state index in [1.165, 1.54) is 0 Å². The van der Waals surface area contributed by atoms with E-state index in [4.69, 9.17) is 0 Å². The third-order valence-electron chi connectivity index (χ3n) is 2.19. The highest BCUT2D eigenvalue weighted by Crippen LogP contribution is 2.14. The van der Waals surface area contributed by atoms with Crippen molar-refractivity contribution in [3.63, 3.8) is 0 Å². The Labute approximate surface area is 80.3 Å². The SMILES string of the molecule is C=CCC[Si](C)(F)c1ccccc1. The standard InChI is InChI=1S/C11H15FSi/c1-3-4-10-13(2,12)11-8-6-5-7-9-11/h3,5-9H,1,4,10H2,2H3. The number of rotatable bonds is 4. The highest BCUT2D eigenvalue weighted by atomic mass is 28.4. The summed E-state index contributed by atoms with van der Waals surface area (Å²) in [6.45, 7) is 5.37. The molecule has 2 heteroatoms. The second-order valence-electron chi connectivity index (χ2n) is 3.39. The fourth-order valence-electron chi connectivity index (χ4n) is 1.30. The highest BCUT2D eigenvalue weighted by Gasteiger charge is 2.28. The molecule has 1 aromatic carbocycles. The van der Waals surface area contributed by atoms with E-state index < -0.39 is 8.41 Å². The van der Waals surface area contributed by atoms with Crippen molar-refractivity contribution in [3.05, 3.63) is 43.0 Å². The molecule has 1 unspecified atom stereocenters. The Bertz CT molecular complexity index is 267. The Morgan fingerprint density at radius 3 is 2.54 bits per heavy atom. The van der Waals surface area contributed by atoms with Crippen LogP contribution < -0.4 is 5.19 Å². The Hall–Kier alpha value is -0.893. The molecule has 0 nitrogen and oxygen atoms in total. The zero-order valence-electron chi connectivity index (χ0n) is 7.96. The zero-order valence-corrected chi connectivity index (χ0v) is 8.96. The summed E-state index contributed by atoms with van der Waals surface area (Å²) in [5.41, 5.74) is 0. The van der Waals surface area contributed by atoms with Gasteiger partial charge in [0, 0.05) is 0 Å². The van der Waals surface area contributed by atoms with Gasteiger partial charge >= 0.3 is 0 Å². The van der Waals surface area contributed by atoms with Gasteiger partial charge < -0.3 is 4.11 Å². The molecular weight excluding hydrogens is 179 g/mol. The molecule has 1 rings (SSSR count). The van der Waals surface area contributed by atoms with Crippen LogP contribution in [0.25, 0.3) is 0 Å². The second-order valence-corrected chi connectivity index (χ2v) is 6.86. The quantitative estimate of drug-likeness (QED) is 0.393. The molecule has 1 atom stereocenters. The summed E-state index contributed by atoms with van der Waals surface area (Å²) >= 11 is 0. The maximum Gasteiger partial charge on any atom is 0.274 e. The van der Waals surface area contributed by atoms with Crippen LogP contribution >= 0.6 is 0 Å². The smallest absolute Gasteiger partial charge is 0.274 e. The number of hydrogen-bond acceptors (Lipinski definition) is 0. The van der Waals surface area contributed by atoms with Gasteiger partial charge in [-0.25, -0.2) is 0 Å². The van der Waals surface area contributed by atoms with Gasteiger partial charge in [0.2, 0.25) is 0 Å². The molecule has 0 aliphatic heterocycles. The van der Waals surface area contributed by atoms with E-state index in [1.54, 1.807) is 12.6 Å². The lowest BCUT2D eigenvalue weighted by Crippen LogP contribution is -2.39. The van der Waals surface area contributed by atoms with Crippen LogP contribution in [0.4, 0.5) is 4.11 Å². The zero-order chi connectivity index (χ0) is 9.73. The molecule has 0 N–H and O–H groups in total. The molecule has 13 heavy (non-hydrogen) atoms. The van der Waals surface area contributed by atoms with Crippen LogP contribution in [0.1, 0.15) is 6.42 Å². The molecule has 0 saturated heterocycles. The van der Waals surface area contributed by atoms with E-state index in [9.17, 15) is 4.11 Å². The Morgan fingerprint density at radius 2 is 2.00 bits per heavy atom. The lowest BCUT2D eigenvalue weighted by Gasteiger charge is -2.16. The summed E-state index contributed by atoms with van der Waals surface area (Å²) in [5, 5.41) is 0.886. The fraction of sp³-hybridized carbons (Fsp3) is 0.273. The molecule has 0 aliphatic carbocycles. The van der Waals surface area contributed by atoms with Crippen LogP contribution in [0, 0.1) is 0 Å². The van der Waals surface area contributed by atoms with Crippen LogP contribution in [-0.4, -0.2) is 8.41 Å². The second kappa shape index (κ2) is 4.37. The first-order valence-electron chi connectivity index (χ1n) is 4.52. The molecule has 0 aromatic heterocycles. The third-order valence-corrected chi connectivity index (χ3v) is 4.96. The van der Waals surface area contributed by atoms with Crippen LogP contribution in [0.5, 0.6) is 0 Å². The molecule has 70 valence electrons. The van der Waals surface area contributed by atoms with Crippen LogP contribution in [0.3, 0.4) is 0 Å². The van der Waals surface area contributed by atoms with E-state index >= 15 is 0 Å². The van der Waals surface area contributed by atoms with Gasteiger partial charge in [0.05, 0.1) is 0 Å². The first kappa shape index (κ1) is 10.2. The largest absolute Gasteiger partial charge is 0.308 e. The predicted molar refractivity (Wildman–Crippen MR) is 58.4 cm³/mol. The van der Waals surface area contributed by atoms with Crippen molar-refractivity contribution in [1.29, 1.82) is 0 Å². The van der Waals surface area contributed by atoms with Crippen molar-refractivity contribution in [1.82, 2.24) is 0 Å². The van der Waals surface area contributed by atoms with Gasteiger partial charge in [-0.05, 0) is 24.2 Å². The van der Waals surface area contributed by atoms with Gasteiger partial charge in [-0.3, -0.25) is 0 Å². The van der Waals surface area contributed by atoms with Gasteiger partial charge in [0.15, 0.2) is 0 Å². The van der Waals surface area contributed by atoms with Gasteiger partial charge in [-0.15, -0.1) is 6.58 Å². The molecule has 0 saturated carbocycles. The minimum Gasteiger partial charge on any atom is -0.308 e.